The standard InChI is InChI=1S/C10H22N2O5S/c1-4-6-8-12(9-7-5-2)17-18(14,15)16-10(13)11-3/h4-9H2,1-3H3,(H,11,13). The summed E-state index contributed by atoms with van der Waals surface area (Å²) in [6.07, 6.45) is 2.38. The number of hydrogen-bond acceptors (Lipinski definition) is 6. The third-order valence-electron chi connectivity index (χ3n) is 2.10. The number of carbonyl (C=O) groups is 1. The van der Waals surface area contributed by atoms with Gasteiger partial charge in [-0.1, -0.05) is 26.7 Å². The van der Waals surface area contributed by atoms with Gasteiger partial charge in [0.2, 0.25) is 0 Å². The first kappa shape index (κ1) is 17.1. The molecule has 1 amide bonds. The lowest BCUT2D eigenvalue weighted by molar-refractivity contribution is -0.0632. The molecule has 7 nitrogen and oxygen atoms in total. The van der Waals surface area contributed by atoms with Gasteiger partial charge in [0.25, 0.3) is 0 Å². The van der Waals surface area contributed by atoms with E-state index in [0.29, 0.717) is 13.1 Å². The molecule has 0 heterocycles. The van der Waals surface area contributed by atoms with Crippen molar-refractivity contribution < 1.29 is 21.7 Å². The van der Waals surface area contributed by atoms with Crippen LogP contribution < -0.4 is 5.32 Å². The van der Waals surface area contributed by atoms with E-state index >= 15 is 0 Å². The van der Waals surface area contributed by atoms with Gasteiger partial charge in [0.05, 0.1) is 0 Å². The SMILES string of the molecule is CCCCN(CCCC)OS(=O)(=O)OC(=O)NC. The fourth-order valence-corrected chi connectivity index (χ4v) is 1.84. The normalized spacial score (nSPS) is 11.6. The number of hydrogen-bond donors (Lipinski definition) is 1. The molecule has 0 rings (SSSR count). The van der Waals surface area contributed by atoms with E-state index in [1.54, 1.807) is 0 Å². The van der Waals surface area contributed by atoms with Gasteiger partial charge in [-0.15, -0.1) is 4.28 Å². The Kier molecular flexibility index (Phi) is 8.69. The Bertz CT molecular complexity index is 323. The Morgan fingerprint density at radius 2 is 1.67 bits per heavy atom. The van der Waals surface area contributed by atoms with Crippen LogP contribution in [0.25, 0.3) is 0 Å². The molecule has 0 aliphatic rings. The topological polar surface area (TPSA) is 84.9 Å². The minimum Gasteiger partial charge on any atom is -0.324 e. The first-order chi connectivity index (χ1) is 8.45. The minimum absolute atomic E-state index is 0.479. The quantitative estimate of drug-likeness (QED) is 0.644. The molecule has 0 saturated carbocycles. The van der Waals surface area contributed by atoms with Crippen LogP contribution in [-0.4, -0.2) is 39.7 Å². The Labute approximate surface area is 109 Å². The zero-order valence-electron chi connectivity index (χ0n) is 11.1. The molecule has 0 fully saturated rings. The maximum absolute atomic E-state index is 11.4. The number of unbranched alkanes of at least 4 members (excludes halogenated alkanes) is 2. The summed E-state index contributed by atoms with van der Waals surface area (Å²) in [5, 5.41) is 3.35. The van der Waals surface area contributed by atoms with Crippen molar-refractivity contribution in [3.8, 4) is 0 Å². The fourth-order valence-electron chi connectivity index (χ4n) is 1.13. The largest absolute Gasteiger partial charge is 0.469 e. The van der Waals surface area contributed by atoms with Crippen LogP contribution in [0.5, 0.6) is 0 Å². The molecule has 0 aliphatic heterocycles. The zero-order valence-corrected chi connectivity index (χ0v) is 12.0. The Hall–Kier alpha value is -0.860. The lowest BCUT2D eigenvalue weighted by atomic mass is 10.3. The maximum Gasteiger partial charge on any atom is 0.469 e. The molecule has 0 unspecified atom stereocenters. The van der Waals surface area contributed by atoms with Gasteiger partial charge in [-0.2, -0.15) is 13.5 Å². The van der Waals surface area contributed by atoms with Gasteiger partial charge < -0.3 is 9.50 Å². The summed E-state index contributed by atoms with van der Waals surface area (Å²) >= 11 is 0. The Balaban J connectivity index is 4.38. The molecule has 0 aromatic carbocycles. The number of hydroxylamine groups is 2. The number of rotatable bonds is 9. The van der Waals surface area contributed by atoms with Gasteiger partial charge in [0, 0.05) is 20.1 Å². The van der Waals surface area contributed by atoms with E-state index in [-0.39, 0.29) is 0 Å². The minimum atomic E-state index is -4.34. The number of nitrogens with one attached hydrogen (secondary N) is 1. The van der Waals surface area contributed by atoms with Gasteiger partial charge in [0.15, 0.2) is 0 Å². The zero-order chi connectivity index (χ0) is 14.0. The first-order valence-corrected chi connectivity index (χ1v) is 7.39. The van der Waals surface area contributed by atoms with Crippen molar-refractivity contribution in [2.45, 2.75) is 39.5 Å². The van der Waals surface area contributed by atoms with Crippen LogP contribution >= 0.6 is 0 Å². The first-order valence-electron chi connectivity index (χ1n) is 6.05. The summed E-state index contributed by atoms with van der Waals surface area (Å²) in [6, 6.07) is 0. The molecule has 18 heavy (non-hydrogen) atoms. The van der Waals surface area contributed by atoms with Crippen molar-refractivity contribution in [3.63, 3.8) is 0 Å². The summed E-state index contributed by atoms with van der Waals surface area (Å²) in [5.41, 5.74) is 0. The molecule has 0 aliphatic carbocycles. The number of nitrogens with zero attached hydrogens (tertiary/aromatic N) is 1. The molecule has 0 saturated heterocycles. The van der Waals surface area contributed by atoms with Gasteiger partial charge >= 0.3 is 16.5 Å². The third-order valence-corrected chi connectivity index (χ3v) is 2.85. The van der Waals surface area contributed by atoms with E-state index in [2.05, 4.69) is 4.18 Å². The highest BCUT2D eigenvalue weighted by atomic mass is 32.3. The summed E-state index contributed by atoms with van der Waals surface area (Å²) in [7, 11) is -3.07. The van der Waals surface area contributed by atoms with E-state index in [4.69, 9.17) is 4.28 Å². The molecule has 0 spiro atoms. The molecule has 0 atom stereocenters. The van der Waals surface area contributed by atoms with Crippen molar-refractivity contribution in [2.75, 3.05) is 20.1 Å². The lowest BCUT2D eigenvalue weighted by Gasteiger charge is -2.19. The second-order valence-corrected chi connectivity index (χ2v) is 4.87. The van der Waals surface area contributed by atoms with Crippen molar-refractivity contribution in [2.24, 2.45) is 0 Å². The van der Waals surface area contributed by atoms with Gasteiger partial charge in [-0.05, 0) is 12.8 Å². The van der Waals surface area contributed by atoms with Crippen LogP contribution in [-0.2, 0) is 18.9 Å². The van der Waals surface area contributed by atoms with E-state index in [0.717, 1.165) is 25.7 Å². The van der Waals surface area contributed by atoms with E-state index in [1.807, 2.05) is 19.2 Å². The van der Waals surface area contributed by atoms with Crippen molar-refractivity contribution in [1.29, 1.82) is 0 Å². The van der Waals surface area contributed by atoms with Gasteiger partial charge in [0.1, 0.15) is 0 Å². The lowest BCUT2D eigenvalue weighted by Crippen LogP contribution is -2.33. The van der Waals surface area contributed by atoms with Crippen molar-refractivity contribution in [1.82, 2.24) is 10.4 Å². The molecule has 8 heteroatoms. The average Bonchev–Trinajstić information content (AvgIpc) is 2.31. The van der Waals surface area contributed by atoms with Crippen LogP contribution in [0.2, 0.25) is 0 Å². The third kappa shape index (κ3) is 8.26. The molecule has 0 aromatic rings. The summed E-state index contributed by atoms with van der Waals surface area (Å²) in [6.45, 7) is 4.95. The van der Waals surface area contributed by atoms with Crippen LogP contribution in [0, 0.1) is 0 Å². The number of carbonyl (C=O) groups excluding carboxylic acids is 1. The fraction of sp³-hybridized carbons (Fsp3) is 0.900. The van der Waals surface area contributed by atoms with Crippen LogP contribution in [0.15, 0.2) is 0 Å². The van der Waals surface area contributed by atoms with E-state index < -0.39 is 16.5 Å². The average molecular weight is 282 g/mol. The Morgan fingerprint density at radius 1 is 1.17 bits per heavy atom. The summed E-state index contributed by atoms with van der Waals surface area (Å²) in [4.78, 5) is 10.8. The second kappa shape index (κ2) is 9.12. The van der Waals surface area contributed by atoms with Crippen molar-refractivity contribution in [3.05, 3.63) is 0 Å². The van der Waals surface area contributed by atoms with Crippen molar-refractivity contribution >= 4 is 16.5 Å². The molecule has 1 N–H and O–H groups in total. The molecule has 0 aromatic heterocycles. The van der Waals surface area contributed by atoms with Crippen LogP contribution in [0.3, 0.4) is 0 Å². The molecular formula is C10H22N2O5S. The highest BCUT2D eigenvalue weighted by Gasteiger charge is 2.21. The molecular weight excluding hydrogens is 260 g/mol. The van der Waals surface area contributed by atoms with Gasteiger partial charge in [-0.3, -0.25) is 0 Å². The Morgan fingerprint density at radius 3 is 2.06 bits per heavy atom. The molecule has 0 radical (unpaired) electrons. The molecule has 108 valence electrons. The number of amides is 1. The smallest absolute Gasteiger partial charge is 0.324 e. The van der Waals surface area contributed by atoms with Crippen LogP contribution in [0.1, 0.15) is 39.5 Å². The predicted octanol–water partition coefficient (Wildman–Crippen LogP) is 1.42. The highest BCUT2D eigenvalue weighted by molar-refractivity contribution is 7.82. The van der Waals surface area contributed by atoms with Crippen LogP contribution in [0.4, 0.5) is 4.79 Å². The van der Waals surface area contributed by atoms with E-state index in [1.165, 1.54) is 12.1 Å². The van der Waals surface area contributed by atoms with E-state index in [9.17, 15) is 13.2 Å². The monoisotopic (exact) mass is 282 g/mol. The summed E-state index contributed by atoms with van der Waals surface area (Å²) in [5.74, 6) is 0. The second-order valence-electron chi connectivity index (χ2n) is 3.74. The predicted molar refractivity (Wildman–Crippen MR) is 66.9 cm³/mol. The summed E-state index contributed by atoms with van der Waals surface area (Å²) < 4.78 is 31.7. The molecule has 0 bridgehead atoms. The van der Waals surface area contributed by atoms with Gasteiger partial charge in [-0.25, -0.2) is 4.79 Å². The highest BCUT2D eigenvalue weighted by Crippen LogP contribution is 2.06. The maximum atomic E-state index is 11.4.